The summed E-state index contributed by atoms with van der Waals surface area (Å²) in [5.74, 6) is 1.84. The van der Waals surface area contributed by atoms with Crippen LogP contribution in [0, 0.1) is 6.92 Å². The van der Waals surface area contributed by atoms with Crippen molar-refractivity contribution in [1.29, 1.82) is 0 Å². The van der Waals surface area contributed by atoms with E-state index in [1.807, 2.05) is 67.6 Å². The first-order valence-electron chi connectivity index (χ1n) is 12.0. The van der Waals surface area contributed by atoms with E-state index in [0.29, 0.717) is 30.0 Å². The van der Waals surface area contributed by atoms with Gasteiger partial charge in [0, 0.05) is 11.3 Å². The van der Waals surface area contributed by atoms with E-state index < -0.39 is 0 Å². The summed E-state index contributed by atoms with van der Waals surface area (Å²) in [6, 6.07) is 26.0. The minimum absolute atomic E-state index is 0.245. The second-order valence-electron chi connectivity index (χ2n) is 8.69. The number of aryl methyl sites for hydroxylation is 1. The van der Waals surface area contributed by atoms with Gasteiger partial charge in [-0.05, 0) is 61.8 Å². The minimum atomic E-state index is -0.245. The molecule has 2 heterocycles. The van der Waals surface area contributed by atoms with E-state index >= 15 is 0 Å². The van der Waals surface area contributed by atoms with E-state index in [1.165, 1.54) is 11.1 Å². The van der Waals surface area contributed by atoms with E-state index in [4.69, 9.17) is 26.5 Å². The third kappa shape index (κ3) is 4.75. The zero-order valence-electron chi connectivity index (χ0n) is 20.6. The second kappa shape index (κ2) is 10.3. The fourth-order valence-corrected chi connectivity index (χ4v) is 4.74. The molecule has 0 saturated carbocycles. The van der Waals surface area contributed by atoms with E-state index in [9.17, 15) is 0 Å². The number of allylic oxidation sites excluding steroid dienone is 1. The third-order valence-electron chi connectivity index (χ3n) is 6.40. The quantitative estimate of drug-likeness (QED) is 0.301. The Morgan fingerprint density at radius 3 is 2.42 bits per heavy atom. The van der Waals surface area contributed by atoms with Gasteiger partial charge < -0.3 is 19.5 Å². The van der Waals surface area contributed by atoms with E-state index in [-0.39, 0.29) is 6.04 Å². The molecule has 6 nitrogen and oxygen atoms in total. The van der Waals surface area contributed by atoms with Crippen LogP contribution < -0.4 is 10.1 Å². The van der Waals surface area contributed by atoms with Crippen LogP contribution in [-0.2, 0) is 6.54 Å². The first-order valence-corrected chi connectivity index (χ1v) is 12.4. The Bertz CT molecular complexity index is 1400. The van der Waals surface area contributed by atoms with Gasteiger partial charge in [0.2, 0.25) is 5.82 Å². The molecule has 0 bridgehead atoms. The summed E-state index contributed by atoms with van der Waals surface area (Å²) >= 11 is 5.87. The van der Waals surface area contributed by atoms with E-state index in [2.05, 4.69) is 47.4 Å². The van der Waals surface area contributed by atoms with Crippen LogP contribution in [0.25, 0.3) is 17.0 Å². The second-order valence-corrected chi connectivity index (χ2v) is 9.07. The number of nitrogens with one attached hydrogen (secondary N) is 1. The average molecular weight is 497 g/mol. The molecule has 0 spiro atoms. The van der Waals surface area contributed by atoms with Crippen molar-refractivity contribution in [3.05, 3.63) is 107 Å². The first kappa shape index (κ1) is 23.8. The van der Waals surface area contributed by atoms with Gasteiger partial charge in [-0.3, -0.25) is 0 Å². The molecule has 5 rings (SSSR count). The lowest BCUT2D eigenvalue weighted by molar-refractivity contribution is 0.340. The molecule has 0 amide bonds. The summed E-state index contributed by atoms with van der Waals surface area (Å²) in [4.78, 5) is 6.89. The standard InChI is InChI=1S/C29H28N4O2S/c1-4-34-24-16-14-21(15-17-24)26-25(28-31-27(32-35-28)22-11-6-5-7-12-22)20(3)33(29(36)30-26)18-23-13-9-8-10-19(23)2/h5-17,26H,4,18H2,1-3H3,(H,30,36). The number of aromatic nitrogens is 2. The maximum atomic E-state index is 5.87. The van der Waals surface area contributed by atoms with Gasteiger partial charge in [0.1, 0.15) is 5.75 Å². The maximum Gasteiger partial charge on any atom is 0.258 e. The van der Waals surface area contributed by atoms with Crippen molar-refractivity contribution in [1.82, 2.24) is 20.4 Å². The molecule has 1 aliphatic rings. The maximum absolute atomic E-state index is 5.87. The molecule has 1 atom stereocenters. The molecular weight excluding hydrogens is 468 g/mol. The third-order valence-corrected chi connectivity index (χ3v) is 6.74. The van der Waals surface area contributed by atoms with E-state index in [1.54, 1.807) is 0 Å². The van der Waals surface area contributed by atoms with Crippen molar-refractivity contribution >= 4 is 22.9 Å². The Morgan fingerprint density at radius 1 is 0.972 bits per heavy atom. The van der Waals surface area contributed by atoms with Gasteiger partial charge in [0.15, 0.2) is 5.11 Å². The molecule has 0 saturated heterocycles. The Kier molecular flexibility index (Phi) is 6.82. The van der Waals surface area contributed by atoms with Crippen LogP contribution in [0.1, 0.15) is 42.5 Å². The number of thiocarbonyl (C=S) groups is 1. The van der Waals surface area contributed by atoms with Crippen LogP contribution in [-0.4, -0.2) is 26.8 Å². The molecule has 0 radical (unpaired) electrons. The monoisotopic (exact) mass is 496 g/mol. The number of nitrogens with zero attached hydrogens (tertiary/aromatic N) is 3. The van der Waals surface area contributed by atoms with Crippen molar-refractivity contribution in [2.45, 2.75) is 33.4 Å². The largest absolute Gasteiger partial charge is 0.494 e. The highest BCUT2D eigenvalue weighted by molar-refractivity contribution is 7.80. The molecule has 1 N–H and O–H groups in total. The van der Waals surface area contributed by atoms with Gasteiger partial charge in [0.25, 0.3) is 5.89 Å². The number of rotatable bonds is 7. The molecule has 7 heteroatoms. The number of ether oxygens (including phenoxy) is 1. The minimum Gasteiger partial charge on any atom is -0.494 e. The molecule has 1 unspecified atom stereocenters. The van der Waals surface area contributed by atoms with Crippen molar-refractivity contribution in [3.8, 4) is 17.1 Å². The fraction of sp³-hybridized carbons (Fsp3) is 0.207. The normalized spacial score (nSPS) is 15.7. The molecule has 0 aliphatic carbocycles. The lowest BCUT2D eigenvalue weighted by Gasteiger charge is -2.37. The van der Waals surface area contributed by atoms with Gasteiger partial charge in [0.05, 0.1) is 24.8 Å². The Morgan fingerprint density at radius 2 is 1.69 bits per heavy atom. The van der Waals surface area contributed by atoms with Crippen LogP contribution in [0.4, 0.5) is 0 Å². The highest BCUT2D eigenvalue weighted by Crippen LogP contribution is 2.38. The SMILES string of the molecule is CCOc1ccc(C2NC(=S)N(Cc3ccccc3C)C(C)=C2c2nc(-c3ccccc3)no2)cc1. The van der Waals surface area contributed by atoms with Crippen molar-refractivity contribution in [3.63, 3.8) is 0 Å². The van der Waals surface area contributed by atoms with Crippen LogP contribution in [0.5, 0.6) is 5.75 Å². The van der Waals surface area contributed by atoms with Crippen LogP contribution in [0.3, 0.4) is 0 Å². The van der Waals surface area contributed by atoms with Crippen molar-refractivity contribution in [2.24, 2.45) is 0 Å². The Labute approximate surface area is 216 Å². The number of benzene rings is 3. The predicted octanol–water partition coefficient (Wildman–Crippen LogP) is 6.31. The van der Waals surface area contributed by atoms with Crippen molar-refractivity contribution in [2.75, 3.05) is 6.61 Å². The van der Waals surface area contributed by atoms with Gasteiger partial charge in [-0.2, -0.15) is 4.98 Å². The zero-order valence-corrected chi connectivity index (χ0v) is 21.4. The van der Waals surface area contributed by atoms with Gasteiger partial charge >= 0.3 is 0 Å². The lowest BCUT2D eigenvalue weighted by Crippen LogP contribution is -2.45. The summed E-state index contributed by atoms with van der Waals surface area (Å²) in [6.07, 6.45) is 0. The average Bonchev–Trinajstić information content (AvgIpc) is 3.38. The zero-order chi connectivity index (χ0) is 25.1. The molecule has 0 fully saturated rings. The molecule has 182 valence electrons. The molecule has 1 aliphatic heterocycles. The molecular formula is C29H28N4O2S. The highest BCUT2D eigenvalue weighted by atomic mass is 32.1. The Hall–Kier alpha value is -3.97. The fourth-order valence-electron chi connectivity index (χ4n) is 4.42. The summed E-state index contributed by atoms with van der Waals surface area (Å²) < 4.78 is 11.5. The van der Waals surface area contributed by atoms with Gasteiger partial charge in [-0.25, -0.2) is 0 Å². The van der Waals surface area contributed by atoms with Gasteiger partial charge in [-0.1, -0.05) is 71.9 Å². The first-order chi connectivity index (χ1) is 17.5. The summed E-state index contributed by atoms with van der Waals surface area (Å²) in [6.45, 7) is 7.41. The van der Waals surface area contributed by atoms with Crippen LogP contribution in [0.15, 0.2) is 89.1 Å². The summed E-state index contributed by atoms with van der Waals surface area (Å²) in [7, 11) is 0. The summed E-state index contributed by atoms with van der Waals surface area (Å²) in [5.41, 5.74) is 6.23. The lowest BCUT2D eigenvalue weighted by atomic mass is 9.94. The van der Waals surface area contributed by atoms with Crippen LogP contribution in [0.2, 0.25) is 0 Å². The molecule has 4 aromatic rings. The molecule has 3 aromatic carbocycles. The van der Waals surface area contributed by atoms with E-state index in [0.717, 1.165) is 28.1 Å². The summed E-state index contributed by atoms with van der Waals surface area (Å²) in [5, 5.41) is 8.47. The molecule has 36 heavy (non-hydrogen) atoms. The molecule has 1 aromatic heterocycles. The predicted molar refractivity (Wildman–Crippen MR) is 145 cm³/mol. The topological polar surface area (TPSA) is 63.4 Å². The van der Waals surface area contributed by atoms with Crippen molar-refractivity contribution < 1.29 is 9.26 Å². The van der Waals surface area contributed by atoms with Crippen LogP contribution >= 0.6 is 12.2 Å². The van der Waals surface area contributed by atoms with Gasteiger partial charge in [-0.15, -0.1) is 0 Å². The smallest absolute Gasteiger partial charge is 0.258 e. The Balaban J connectivity index is 1.58. The highest BCUT2D eigenvalue weighted by Gasteiger charge is 2.34. The number of hydrogen-bond acceptors (Lipinski definition) is 5. The number of hydrogen-bond donors (Lipinski definition) is 1.